The van der Waals surface area contributed by atoms with E-state index in [1.54, 1.807) is 0 Å². The zero-order valence-electron chi connectivity index (χ0n) is 34.4. The van der Waals surface area contributed by atoms with Crippen LogP contribution in [0.3, 0.4) is 0 Å². The van der Waals surface area contributed by atoms with Crippen LogP contribution in [-0.2, 0) is 0 Å². The molecule has 0 fully saturated rings. The average Bonchev–Trinajstić information content (AvgIpc) is 3.35. The SMILES string of the molecule is C1=C(c2ccccc2-c2ccccc2)/N=C(c2cccc(-c3cc(-c4ccccc4)c(-c4ccccc4)c(-c4ccccc4)c3-c3ccccc3)c2)\N=C(\c2ccccc2)CC/1. The highest BCUT2D eigenvalue weighted by molar-refractivity contribution is 6.15. The first kappa shape index (κ1) is 38.3. The van der Waals surface area contributed by atoms with Gasteiger partial charge in [-0.1, -0.05) is 231 Å². The molecule has 0 saturated heterocycles. The second kappa shape index (κ2) is 17.7. The lowest BCUT2D eigenvalue weighted by Crippen LogP contribution is -2.09. The largest absolute Gasteiger partial charge is 0.232 e. The van der Waals surface area contributed by atoms with E-state index in [1.807, 2.05) is 0 Å². The Balaban J connectivity index is 1.24. The monoisotopic (exact) mass is 792 g/mol. The molecule has 0 aliphatic carbocycles. The Kier molecular flexibility index (Phi) is 10.9. The number of rotatable bonds is 9. The molecule has 0 atom stereocenters. The molecule has 0 bridgehead atoms. The minimum Gasteiger partial charge on any atom is -0.232 e. The fraction of sp³-hybridized carbons (Fsp3) is 0.0333. The van der Waals surface area contributed by atoms with E-state index in [0.29, 0.717) is 5.84 Å². The van der Waals surface area contributed by atoms with Gasteiger partial charge in [-0.15, -0.1) is 0 Å². The van der Waals surface area contributed by atoms with Gasteiger partial charge in [-0.2, -0.15) is 0 Å². The molecule has 294 valence electrons. The molecule has 1 aliphatic heterocycles. The normalized spacial score (nSPS) is 15.2. The molecule has 1 heterocycles. The lowest BCUT2D eigenvalue weighted by molar-refractivity contribution is 1.08. The summed E-state index contributed by atoms with van der Waals surface area (Å²) in [6.45, 7) is 0. The topological polar surface area (TPSA) is 24.7 Å². The minimum absolute atomic E-state index is 0.688. The number of aliphatic imine (C=N–C) groups is 2. The molecule has 0 saturated carbocycles. The van der Waals surface area contributed by atoms with Gasteiger partial charge >= 0.3 is 0 Å². The predicted octanol–water partition coefficient (Wildman–Crippen LogP) is 15.8. The number of benzene rings is 9. The van der Waals surface area contributed by atoms with Crippen molar-refractivity contribution in [3.63, 3.8) is 0 Å². The van der Waals surface area contributed by atoms with E-state index in [4.69, 9.17) is 9.98 Å². The van der Waals surface area contributed by atoms with Crippen molar-refractivity contribution in [2.75, 3.05) is 0 Å². The van der Waals surface area contributed by atoms with Crippen LogP contribution in [0.15, 0.2) is 253 Å². The molecule has 0 amide bonds. The number of amidine groups is 1. The molecule has 62 heavy (non-hydrogen) atoms. The van der Waals surface area contributed by atoms with Crippen LogP contribution < -0.4 is 0 Å². The fourth-order valence-corrected chi connectivity index (χ4v) is 8.71. The van der Waals surface area contributed by atoms with Crippen molar-refractivity contribution in [2.24, 2.45) is 9.98 Å². The highest BCUT2D eigenvalue weighted by Gasteiger charge is 2.24. The van der Waals surface area contributed by atoms with Gasteiger partial charge < -0.3 is 0 Å². The summed E-state index contributed by atoms with van der Waals surface area (Å²) in [6.07, 6.45) is 3.90. The lowest BCUT2D eigenvalue weighted by atomic mass is 9.79. The van der Waals surface area contributed by atoms with Gasteiger partial charge in [0, 0.05) is 11.1 Å². The molecule has 1 aliphatic rings. The van der Waals surface area contributed by atoms with Gasteiger partial charge in [-0.05, 0) is 97.3 Å². The predicted molar refractivity (Wildman–Crippen MR) is 262 cm³/mol. The third-order valence-electron chi connectivity index (χ3n) is 11.6. The fourth-order valence-electron chi connectivity index (χ4n) is 8.71. The summed E-state index contributed by atoms with van der Waals surface area (Å²) in [7, 11) is 0. The van der Waals surface area contributed by atoms with Crippen molar-refractivity contribution >= 4 is 17.2 Å². The molecule has 0 N–H and O–H groups in total. The zero-order valence-corrected chi connectivity index (χ0v) is 34.4. The van der Waals surface area contributed by atoms with Crippen molar-refractivity contribution in [2.45, 2.75) is 12.8 Å². The summed E-state index contributed by atoms with van der Waals surface area (Å²) < 4.78 is 0. The summed E-state index contributed by atoms with van der Waals surface area (Å²) in [5.74, 6) is 0.688. The van der Waals surface area contributed by atoms with Crippen LogP contribution in [0.2, 0.25) is 0 Å². The molecule has 0 unspecified atom stereocenters. The highest BCUT2D eigenvalue weighted by Crippen LogP contribution is 2.50. The van der Waals surface area contributed by atoms with Gasteiger partial charge in [0.1, 0.15) is 0 Å². The Morgan fingerprint density at radius 2 is 0.677 bits per heavy atom. The van der Waals surface area contributed by atoms with Crippen LogP contribution in [0.5, 0.6) is 0 Å². The number of nitrogens with zero attached hydrogens (tertiary/aromatic N) is 2. The Hall–Kier alpha value is -7.94. The second-order valence-electron chi connectivity index (χ2n) is 15.5. The molecule has 0 spiro atoms. The lowest BCUT2D eigenvalue weighted by Gasteiger charge is -2.24. The van der Waals surface area contributed by atoms with Gasteiger partial charge in [-0.3, -0.25) is 0 Å². The van der Waals surface area contributed by atoms with Crippen molar-refractivity contribution < 1.29 is 0 Å². The van der Waals surface area contributed by atoms with E-state index >= 15 is 0 Å². The maximum atomic E-state index is 5.53. The molecular formula is C60H44N2. The molecule has 9 aromatic rings. The highest BCUT2D eigenvalue weighted by atomic mass is 14.9. The quantitative estimate of drug-likeness (QED) is 0.139. The maximum Gasteiger partial charge on any atom is 0.160 e. The third kappa shape index (κ3) is 7.90. The molecule has 2 nitrogen and oxygen atoms in total. The zero-order chi connectivity index (χ0) is 41.5. The Morgan fingerprint density at radius 3 is 1.23 bits per heavy atom. The van der Waals surface area contributed by atoms with Crippen molar-refractivity contribution in [3.05, 3.63) is 259 Å². The van der Waals surface area contributed by atoms with Crippen molar-refractivity contribution in [1.29, 1.82) is 0 Å². The Labute approximate surface area is 364 Å². The summed E-state index contributed by atoms with van der Waals surface area (Å²) in [4.78, 5) is 11.0. The summed E-state index contributed by atoms with van der Waals surface area (Å²) in [5, 5.41) is 0. The van der Waals surface area contributed by atoms with Crippen LogP contribution >= 0.6 is 0 Å². The number of allylic oxidation sites excluding steroid dienone is 1. The number of hydrogen-bond donors (Lipinski definition) is 0. The van der Waals surface area contributed by atoms with Gasteiger partial charge in [0.2, 0.25) is 0 Å². The first-order chi connectivity index (χ1) is 30.8. The molecule has 10 rings (SSSR count). The Morgan fingerprint density at radius 1 is 0.274 bits per heavy atom. The van der Waals surface area contributed by atoms with Crippen LogP contribution in [-0.4, -0.2) is 11.5 Å². The molecule has 0 aromatic heterocycles. The summed E-state index contributed by atoms with van der Waals surface area (Å²) >= 11 is 0. The first-order valence-electron chi connectivity index (χ1n) is 21.4. The minimum atomic E-state index is 0.688. The van der Waals surface area contributed by atoms with Gasteiger partial charge in [0.15, 0.2) is 5.84 Å². The summed E-state index contributed by atoms with van der Waals surface area (Å²) in [5.41, 5.74) is 19.0. The maximum absolute atomic E-state index is 5.53. The average molecular weight is 793 g/mol. The van der Waals surface area contributed by atoms with E-state index in [1.165, 1.54) is 27.8 Å². The van der Waals surface area contributed by atoms with E-state index < -0.39 is 0 Å². The standard InChI is InChI=1S/C60H44N2/c1-7-23-43(24-8-1)51-37-19-20-38-52(51)56-40-22-39-55(45-27-11-3-12-28-45)61-60(62-56)50-36-21-35-49(41-50)54-42-53(44-25-9-2-10-26-44)57(46-29-13-4-14-30-46)59(48-33-17-6-18-34-48)58(54)47-31-15-5-16-32-47/h1-21,23-38,40-42H,22,39H2/b56-40+,61-55+,62-60-. The van der Waals surface area contributed by atoms with E-state index in [-0.39, 0.29) is 0 Å². The van der Waals surface area contributed by atoms with Gasteiger partial charge in [0.25, 0.3) is 0 Å². The van der Waals surface area contributed by atoms with Crippen molar-refractivity contribution in [3.8, 4) is 66.8 Å². The van der Waals surface area contributed by atoms with Crippen molar-refractivity contribution in [1.82, 2.24) is 0 Å². The van der Waals surface area contributed by atoms with Crippen LogP contribution in [0.25, 0.3) is 72.5 Å². The Bertz CT molecular complexity index is 3060. The summed E-state index contributed by atoms with van der Waals surface area (Å²) in [6, 6.07) is 84.4. The van der Waals surface area contributed by atoms with E-state index in [2.05, 4.69) is 243 Å². The van der Waals surface area contributed by atoms with Gasteiger partial charge in [-0.25, -0.2) is 9.98 Å². The molecule has 9 aromatic carbocycles. The third-order valence-corrected chi connectivity index (χ3v) is 11.6. The molecule has 2 heteroatoms. The molecular weight excluding hydrogens is 749 g/mol. The van der Waals surface area contributed by atoms with Crippen LogP contribution in [0, 0.1) is 0 Å². The van der Waals surface area contributed by atoms with Gasteiger partial charge in [0.05, 0.1) is 11.4 Å². The van der Waals surface area contributed by atoms with E-state index in [9.17, 15) is 0 Å². The smallest absolute Gasteiger partial charge is 0.160 e. The number of hydrogen-bond acceptors (Lipinski definition) is 2. The molecule has 0 radical (unpaired) electrons. The van der Waals surface area contributed by atoms with Crippen LogP contribution in [0.1, 0.15) is 29.5 Å². The van der Waals surface area contributed by atoms with E-state index in [0.717, 1.165) is 79.9 Å². The first-order valence-corrected chi connectivity index (χ1v) is 21.4. The van der Waals surface area contributed by atoms with Crippen LogP contribution in [0.4, 0.5) is 0 Å². The second-order valence-corrected chi connectivity index (χ2v) is 15.5.